The molecule has 1 unspecified atom stereocenters. The lowest BCUT2D eigenvalue weighted by atomic mass is 9.47. The van der Waals surface area contributed by atoms with E-state index in [-0.39, 0.29) is 13.2 Å². The highest BCUT2D eigenvalue weighted by molar-refractivity contribution is 5.17. The van der Waals surface area contributed by atoms with Crippen LogP contribution in [0.5, 0.6) is 0 Å². The summed E-state index contributed by atoms with van der Waals surface area (Å²) < 4.78 is 6.74. The van der Waals surface area contributed by atoms with Gasteiger partial charge in [-0.2, -0.15) is 0 Å². The second-order valence-corrected chi connectivity index (χ2v) is 11.6. The topological polar surface area (TPSA) is 69.9 Å². The first kappa shape index (κ1) is 24.8. The first-order valence-electron chi connectivity index (χ1n) is 9.33. The molecule has 0 bridgehead atoms. The molecule has 0 aromatic heterocycles. The predicted octanol–water partition coefficient (Wildman–Crippen LogP) is 4.01. The zero-order chi connectivity index (χ0) is 20.7. The van der Waals surface area contributed by atoms with Gasteiger partial charge in [0, 0.05) is 0 Å². The van der Waals surface area contributed by atoms with Crippen LogP contribution in [0.1, 0.15) is 83.1 Å². The molecule has 0 saturated heterocycles. The minimum atomic E-state index is -1.24. The molecular weight excluding hydrogens is 316 g/mol. The summed E-state index contributed by atoms with van der Waals surface area (Å²) in [5, 5.41) is 32.5. The quantitative estimate of drug-likeness (QED) is 0.693. The van der Waals surface area contributed by atoms with E-state index in [2.05, 4.69) is 41.5 Å². The Morgan fingerprint density at radius 2 is 1.00 bits per heavy atom. The van der Waals surface area contributed by atoms with Crippen LogP contribution in [0.4, 0.5) is 0 Å². The molecule has 0 heterocycles. The van der Waals surface area contributed by atoms with Crippen LogP contribution in [0.2, 0.25) is 0 Å². The van der Waals surface area contributed by atoms with Gasteiger partial charge >= 0.3 is 0 Å². The van der Waals surface area contributed by atoms with Gasteiger partial charge in [0.25, 0.3) is 0 Å². The summed E-state index contributed by atoms with van der Waals surface area (Å²) in [7, 11) is 0. The monoisotopic (exact) mass is 360 g/mol. The van der Waals surface area contributed by atoms with E-state index in [0.29, 0.717) is 0 Å². The fourth-order valence-electron chi connectivity index (χ4n) is 4.95. The summed E-state index contributed by atoms with van der Waals surface area (Å²) in [4.78, 5) is 0. The second kappa shape index (κ2) is 7.10. The molecule has 0 saturated carbocycles. The third-order valence-electron chi connectivity index (χ3n) is 5.18. The van der Waals surface area contributed by atoms with Crippen LogP contribution in [0.15, 0.2) is 0 Å². The largest absolute Gasteiger partial charge is 0.395 e. The summed E-state index contributed by atoms with van der Waals surface area (Å²) in [5.41, 5.74) is -4.22. The van der Waals surface area contributed by atoms with Gasteiger partial charge in [-0.3, -0.25) is 0 Å². The van der Waals surface area contributed by atoms with Crippen molar-refractivity contribution in [1.29, 1.82) is 0 Å². The van der Waals surface area contributed by atoms with Crippen LogP contribution in [0.25, 0.3) is 0 Å². The average molecular weight is 361 g/mol. The van der Waals surface area contributed by atoms with E-state index in [1.165, 1.54) is 0 Å². The SMILES string of the molecule is CC(C)(C)OC(C(C)(C)C)(C(C)(C)C)C(CO)(CO)C(O)C(C)(C)C. The van der Waals surface area contributed by atoms with Crippen molar-refractivity contribution < 1.29 is 20.1 Å². The fourth-order valence-corrected chi connectivity index (χ4v) is 4.95. The number of aliphatic hydroxyl groups excluding tert-OH is 3. The molecule has 0 aliphatic heterocycles. The van der Waals surface area contributed by atoms with Gasteiger partial charge in [0.05, 0.1) is 35.9 Å². The zero-order valence-corrected chi connectivity index (χ0v) is 18.7. The lowest BCUT2D eigenvalue weighted by molar-refractivity contribution is -0.331. The maximum Gasteiger partial charge on any atom is 0.0910 e. The molecule has 3 N–H and O–H groups in total. The summed E-state index contributed by atoms with van der Waals surface area (Å²) in [5.74, 6) is 0. The van der Waals surface area contributed by atoms with Crippen molar-refractivity contribution in [3.8, 4) is 0 Å². The molecule has 0 aromatic carbocycles. The normalized spacial score (nSPS) is 16.9. The van der Waals surface area contributed by atoms with Gasteiger partial charge in [-0.25, -0.2) is 0 Å². The van der Waals surface area contributed by atoms with Crippen LogP contribution < -0.4 is 0 Å². The average Bonchev–Trinajstić information content (AvgIpc) is 2.33. The number of hydrogen-bond donors (Lipinski definition) is 3. The highest BCUT2D eigenvalue weighted by atomic mass is 16.5. The standard InChI is InChI=1S/C21H44O4/c1-16(2,3)15(24)20(13-22,14-23)21(17(4,5)6,18(7,8)9)25-19(10,11)12/h15,22-24H,13-14H2,1-12H3. The molecule has 0 rings (SSSR count). The summed E-state index contributed by atoms with van der Waals surface area (Å²) in [6.07, 6.45) is -0.962. The molecule has 0 fully saturated rings. The van der Waals surface area contributed by atoms with Crippen molar-refractivity contribution in [2.24, 2.45) is 21.7 Å². The number of aliphatic hydroxyl groups is 3. The molecule has 4 nitrogen and oxygen atoms in total. The van der Waals surface area contributed by atoms with Crippen molar-refractivity contribution in [2.75, 3.05) is 13.2 Å². The molecule has 0 aliphatic carbocycles. The van der Waals surface area contributed by atoms with Crippen molar-refractivity contribution in [3.05, 3.63) is 0 Å². The van der Waals surface area contributed by atoms with Crippen molar-refractivity contribution in [2.45, 2.75) is 100 Å². The minimum Gasteiger partial charge on any atom is -0.395 e. The van der Waals surface area contributed by atoms with Gasteiger partial charge in [-0.1, -0.05) is 62.3 Å². The lowest BCUT2D eigenvalue weighted by Gasteiger charge is -2.66. The first-order chi connectivity index (χ1) is 10.7. The number of ether oxygens (including phenoxy) is 1. The third kappa shape index (κ3) is 4.40. The number of hydrogen-bond acceptors (Lipinski definition) is 4. The highest BCUT2D eigenvalue weighted by Crippen LogP contribution is 2.61. The smallest absolute Gasteiger partial charge is 0.0910 e. The molecule has 0 aromatic rings. The Balaban J connectivity index is 7.12. The molecule has 0 amide bonds. The van der Waals surface area contributed by atoms with E-state index in [0.717, 1.165) is 0 Å². The summed E-state index contributed by atoms with van der Waals surface area (Å²) in [6.45, 7) is 23.3. The van der Waals surface area contributed by atoms with E-state index in [4.69, 9.17) is 4.74 Å². The molecule has 4 heteroatoms. The Morgan fingerprint density at radius 1 is 0.680 bits per heavy atom. The van der Waals surface area contributed by atoms with Gasteiger partial charge in [0.15, 0.2) is 0 Å². The molecule has 0 aliphatic rings. The first-order valence-corrected chi connectivity index (χ1v) is 9.33. The van der Waals surface area contributed by atoms with Gasteiger partial charge in [-0.05, 0) is 37.0 Å². The Morgan fingerprint density at radius 3 is 1.16 bits per heavy atom. The van der Waals surface area contributed by atoms with E-state index in [1.807, 2.05) is 41.5 Å². The molecule has 0 radical (unpaired) electrons. The van der Waals surface area contributed by atoms with Gasteiger partial charge in [0.2, 0.25) is 0 Å². The van der Waals surface area contributed by atoms with Gasteiger partial charge < -0.3 is 20.1 Å². The molecule has 152 valence electrons. The molecule has 1 atom stereocenters. The Hall–Kier alpha value is -0.160. The minimum absolute atomic E-state index is 0.368. The van der Waals surface area contributed by atoms with Crippen LogP contribution in [-0.2, 0) is 4.74 Å². The van der Waals surface area contributed by atoms with E-state index in [1.54, 1.807) is 0 Å². The van der Waals surface area contributed by atoms with Crippen LogP contribution >= 0.6 is 0 Å². The second-order valence-electron chi connectivity index (χ2n) is 11.6. The fraction of sp³-hybridized carbons (Fsp3) is 1.00. The van der Waals surface area contributed by atoms with Gasteiger partial charge in [-0.15, -0.1) is 0 Å². The molecule has 0 spiro atoms. The Kier molecular flexibility index (Phi) is 7.06. The van der Waals surface area contributed by atoms with Crippen LogP contribution in [-0.4, -0.2) is 45.8 Å². The van der Waals surface area contributed by atoms with Crippen LogP contribution in [0.3, 0.4) is 0 Å². The summed E-state index contributed by atoms with van der Waals surface area (Å²) in [6, 6.07) is 0. The molecule has 25 heavy (non-hydrogen) atoms. The highest BCUT2D eigenvalue weighted by Gasteiger charge is 2.68. The van der Waals surface area contributed by atoms with Gasteiger partial charge in [0.1, 0.15) is 0 Å². The Bertz CT molecular complexity index is 409. The number of rotatable bonds is 5. The maximum absolute atomic E-state index is 11.4. The van der Waals surface area contributed by atoms with Crippen molar-refractivity contribution >= 4 is 0 Å². The van der Waals surface area contributed by atoms with E-state index >= 15 is 0 Å². The molecular formula is C21H44O4. The van der Waals surface area contributed by atoms with Crippen molar-refractivity contribution in [1.82, 2.24) is 0 Å². The van der Waals surface area contributed by atoms with Crippen LogP contribution in [0, 0.1) is 21.7 Å². The van der Waals surface area contributed by atoms with Crippen molar-refractivity contribution in [3.63, 3.8) is 0 Å². The zero-order valence-electron chi connectivity index (χ0n) is 18.7. The predicted molar refractivity (Wildman–Crippen MR) is 105 cm³/mol. The van der Waals surface area contributed by atoms with E-state index < -0.39 is 39.0 Å². The third-order valence-corrected chi connectivity index (χ3v) is 5.18. The summed E-state index contributed by atoms with van der Waals surface area (Å²) >= 11 is 0. The maximum atomic E-state index is 11.4. The Labute approximate surface area is 156 Å². The van der Waals surface area contributed by atoms with E-state index in [9.17, 15) is 15.3 Å². The lowest BCUT2D eigenvalue weighted by Crippen LogP contribution is -2.74.